The van der Waals surface area contributed by atoms with Crippen LogP contribution in [0, 0.1) is 13.8 Å². The van der Waals surface area contributed by atoms with E-state index in [-0.39, 0.29) is 0 Å². The van der Waals surface area contributed by atoms with E-state index in [0.717, 1.165) is 5.75 Å². The number of hydrogen-bond donors (Lipinski definition) is 0. The van der Waals surface area contributed by atoms with Crippen LogP contribution < -0.4 is 4.74 Å². The minimum atomic E-state index is 0.628. The minimum Gasteiger partial charge on any atom is -0.488 e. The fourth-order valence-corrected chi connectivity index (χ4v) is 2.37. The first kappa shape index (κ1) is 11.9. The van der Waals surface area contributed by atoms with E-state index in [1.807, 2.05) is 6.08 Å². The molecule has 0 spiro atoms. The maximum Gasteiger partial charge on any atom is 0.123 e. The number of ether oxygens (including phenoxy) is 1. The molecule has 1 nitrogen and oxygen atoms in total. The maximum absolute atomic E-state index is 5.84. The van der Waals surface area contributed by atoms with Gasteiger partial charge in [0.1, 0.15) is 12.4 Å². The second-order valence-corrected chi connectivity index (χ2v) is 5.27. The summed E-state index contributed by atoms with van der Waals surface area (Å²) < 4.78 is 5.84. The van der Waals surface area contributed by atoms with Crippen LogP contribution in [0.4, 0.5) is 0 Å². The second-order valence-electron chi connectivity index (χ2n) is 4.07. The van der Waals surface area contributed by atoms with E-state index >= 15 is 0 Å². The highest BCUT2D eigenvalue weighted by Crippen LogP contribution is 2.23. The second kappa shape index (κ2) is 5.19. The molecular formula is C15H16OS. The number of benzene rings is 1. The van der Waals surface area contributed by atoms with Crippen molar-refractivity contribution in [2.75, 3.05) is 0 Å². The fraction of sp³-hybridized carbons (Fsp3) is 0.200. The van der Waals surface area contributed by atoms with Gasteiger partial charge in [0.15, 0.2) is 0 Å². The Balaban J connectivity index is 2.06. The molecule has 2 aromatic rings. The van der Waals surface area contributed by atoms with Gasteiger partial charge in [-0.25, -0.2) is 0 Å². The number of thiophene rings is 1. The average molecular weight is 244 g/mol. The van der Waals surface area contributed by atoms with Crippen LogP contribution in [0.3, 0.4) is 0 Å². The van der Waals surface area contributed by atoms with Gasteiger partial charge in [0, 0.05) is 9.75 Å². The van der Waals surface area contributed by atoms with Gasteiger partial charge in [0.05, 0.1) is 0 Å². The van der Waals surface area contributed by atoms with Gasteiger partial charge in [0.2, 0.25) is 0 Å². The summed E-state index contributed by atoms with van der Waals surface area (Å²) in [7, 11) is 0. The van der Waals surface area contributed by atoms with Crippen molar-refractivity contribution in [2.45, 2.75) is 20.5 Å². The van der Waals surface area contributed by atoms with Gasteiger partial charge < -0.3 is 4.74 Å². The van der Waals surface area contributed by atoms with E-state index in [1.54, 1.807) is 11.3 Å². The van der Waals surface area contributed by atoms with E-state index in [9.17, 15) is 0 Å². The summed E-state index contributed by atoms with van der Waals surface area (Å²) in [6, 6.07) is 10.4. The molecule has 0 radical (unpaired) electrons. The molecule has 2 heteroatoms. The molecule has 0 aliphatic rings. The van der Waals surface area contributed by atoms with E-state index < -0.39 is 0 Å². The third-order valence-electron chi connectivity index (χ3n) is 2.60. The Morgan fingerprint density at radius 2 is 2.06 bits per heavy atom. The molecule has 0 amide bonds. The van der Waals surface area contributed by atoms with Crippen molar-refractivity contribution in [3.05, 3.63) is 57.8 Å². The molecule has 0 aliphatic heterocycles. The van der Waals surface area contributed by atoms with Crippen molar-refractivity contribution in [1.82, 2.24) is 0 Å². The normalized spacial score (nSPS) is 10.2. The van der Waals surface area contributed by atoms with Crippen molar-refractivity contribution in [2.24, 2.45) is 0 Å². The molecule has 17 heavy (non-hydrogen) atoms. The van der Waals surface area contributed by atoms with Crippen LogP contribution >= 0.6 is 11.3 Å². The predicted molar refractivity (Wildman–Crippen MR) is 74.7 cm³/mol. The zero-order valence-electron chi connectivity index (χ0n) is 10.2. The van der Waals surface area contributed by atoms with Crippen LogP contribution in [0.2, 0.25) is 0 Å². The molecule has 88 valence electrons. The molecule has 0 saturated carbocycles. The van der Waals surface area contributed by atoms with Crippen LogP contribution in [0.25, 0.3) is 6.08 Å². The molecule has 1 aromatic heterocycles. The van der Waals surface area contributed by atoms with Crippen molar-refractivity contribution >= 4 is 17.4 Å². The van der Waals surface area contributed by atoms with Gasteiger partial charge in [-0.3, -0.25) is 0 Å². The van der Waals surface area contributed by atoms with Gasteiger partial charge in [-0.2, -0.15) is 0 Å². The van der Waals surface area contributed by atoms with Gasteiger partial charge in [-0.05, 0) is 43.2 Å². The lowest BCUT2D eigenvalue weighted by Gasteiger charge is -2.08. The Hall–Kier alpha value is -1.54. The Labute approximate surface area is 106 Å². The quantitative estimate of drug-likeness (QED) is 0.764. The number of hydrogen-bond acceptors (Lipinski definition) is 2. The summed E-state index contributed by atoms with van der Waals surface area (Å²) in [5.74, 6) is 0.971. The third kappa shape index (κ3) is 2.98. The first-order chi connectivity index (χ1) is 8.19. The Morgan fingerprint density at radius 3 is 2.76 bits per heavy atom. The molecule has 2 rings (SSSR count). The Morgan fingerprint density at radius 1 is 1.24 bits per heavy atom. The van der Waals surface area contributed by atoms with Gasteiger partial charge in [0.25, 0.3) is 0 Å². The number of rotatable bonds is 4. The minimum absolute atomic E-state index is 0.628. The highest BCUT2D eigenvalue weighted by Gasteiger charge is 2.02. The Kier molecular flexibility index (Phi) is 3.64. The first-order valence-corrected chi connectivity index (χ1v) is 6.42. The molecule has 0 saturated heterocycles. The largest absolute Gasteiger partial charge is 0.488 e. The Bertz CT molecular complexity index is 525. The van der Waals surface area contributed by atoms with E-state index in [2.05, 4.69) is 50.8 Å². The van der Waals surface area contributed by atoms with Gasteiger partial charge in [-0.15, -0.1) is 11.3 Å². The van der Waals surface area contributed by atoms with E-state index in [1.165, 1.54) is 20.9 Å². The molecule has 0 N–H and O–H groups in total. The fourth-order valence-electron chi connectivity index (χ4n) is 1.59. The highest BCUT2D eigenvalue weighted by molar-refractivity contribution is 7.12. The average Bonchev–Trinajstić information content (AvgIpc) is 2.78. The molecule has 0 bridgehead atoms. The topological polar surface area (TPSA) is 9.23 Å². The summed E-state index contributed by atoms with van der Waals surface area (Å²) in [5, 5.41) is 0. The zero-order chi connectivity index (χ0) is 12.3. The summed E-state index contributed by atoms with van der Waals surface area (Å²) >= 11 is 1.72. The van der Waals surface area contributed by atoms with E-state index in [0.29, 0.717) is 6.61 Å². The lowest BCUT2D eigenvalue weighted by atomic mass is 10.1. The molecular weight excluding hydrogens is 228 g/mol. The van der Waals surface area contributed by atoms with Gasteiger partial charge >= 0.3 is 0 Å². The SMILES string of the molecule is C=Cc1ccc(COc2cc(C)ccc2C)s1. The van der Waals surface area contributed by atoms with E-state index in [4.69, 9.17) is 4.74 Å². The first-order valence-electron chi connectivity index (χ1n) is 5.60. The predicted octanol–water partition coefficient (Wildman–Crippen LogP) is 4.59. The van der Waals surface area contributed by atoms with Crippen molar-refractivity contribution in [1.29, 1.82) is 0 Å². The van der Waals surface area contributed by atoms with Crippen molar-refractivity contribution < 1.29 is 4.74 Å². The summed E-state index contributed by atoms with van der Waals surface area (Å²) in [6.45, 7) is 8.53. The van der Waals surface area contributed by atoms with Crippen LogP contribution in [0.15, 0.2) is 36.9 Å². The molecule has 1 aromatic carbocycles. The number of aryl methyl sites for hydroxylation is 2. The standard InChI is InChI=1S/C15H16OS/c1-4-13-7-8-14(17-13)10-16-15-9-11(2)5-6-12(15)3/h4-9H,1,10H2,2-3H3. The monoisotopic (exact) mass is 244 g/mol. The summed E-state index contributed by atoms with van der Waals surface area (Å²) in [4.78, 5) is 2.41. The highest BCUT2D eigenvalue weighted by atomic mass is 32.1. The molecule has 1 heterocycles. The van der Waals surface area contributed by atoms with Crippen LogP contribution in [-0.4, -0.2) is 0 Å². The smallest absolute Gasteiger partial charge is 0.123 e. The van der Waals surface area contributed by atoms with Crippen molar-refractivity contribution in [3.63, 3.8) is 0 Å². The van der Waals surface area contributed by atoms with Crippen molar-refractivity contribution in [3.8, 4) is 5.75 Å². The maximum atomic E-state index is 5.84. The molecule has 0 fully saturated rings. The summed E-state index contributed by atoms with van der Waals surface area (Å²) in [5.41, 5.74) is 2.40. The van der Waals surface area contributed by atoms with Crippen LogP contribution in [0.5, 0.6) is 5.75 Å². The lowest BCUT2D eigenvalue weighted by molar-refractivity contribution is 0.307. The molecule has 0 aliphatic carbocycles. The third-order valence-corrected chi connectivity index (χ3v) is 3.65. The molecule has 0 unspecified atom stereocenters. The molecule has 0 atom stereocenters. The summed E-state index contributed by atoms with van der Waals surface area (Å²) in [6.07, 6.45) is 1.87. The lowest BCUT2D eigenvalue weighted by Crippen LogP contribution is -1.95. The zero-order valence-corrected chi connectivity index (χ0v) is 11.0. The van der Waals surface area contributed by atoms with Crippen LogP contribution in [-0.2, 0) is 6.61 Å². The van der Waals surface area contributed by atoms with Gasteiger partial charge in [-0.1, -0.05) is 24.8 Å². The van der Waals surface area contributed by atoms with Crippen LogP contribution in [0.1, 0.15) is 20.9 Å².